The zero-order valence-corrected chi connectivity index (χ0v) is 16.3. The minimum absolute atomic E-state index is 0. The van der Waals surface area contributed by atoms with Crippen molar-refractivity contribution >= 4 is 40.2 Å². The number of carbonyl (C=O) groups is 2. The first-order chi connectivity index (χ1) is 11.1. The first-order valence-corrected chi connectivity index (χ1v) is 8.92. The number of rotatable bonds is 7. The Morgan fingerprint density at radius 3 is 2.96 bits per heavy atom. The molecule has 1 aromatic carbocycles. The highest BCUT2D eigenvalue weighted by atomic mass is 79.9. The van der Waals surface area contributed by atoms with Gasteiger partial charge < -0.3 is 15.5 Å². The second kappa shape index (κ2) is 10.7. The van der Waals surface area contributed by atoms with Gasteiger partial charge in [0.2, 0.25) is 11.8 Å². The molecule has 0 aromatic heterocycles. The summed E-state index contributed by atoms with van der Waals surface area (Å²) in [6, 6.07) is 7.53. The van der Waals surface area contributed by atoms with E-state index in [1.807, 2.05) is 29.2 Å². The van der Waals surface area contributed by atoms with Crippen LogP contribution >= 0.6 is 28.3 Å². The Labute approximate surface area is 158 Å². The Kier molecular flexibility index (Phi) is 9.33. The number of halogens is 2. The molecule has 2 amide bonds. The van der Waals surface area contributed by atoms with E-state index in [0.29, 0.717) is 26.2 Å². The van der Waals surface area contributed by atoms with Crippen LogP contribution in [0.5, 0.6) is 0 Å². The van der Waals surface area contributed by atoms with Gasteiger partial charge in [-0.25, -0.2) is 0 Å². The van der Waals surface area contributed by atoms with Crippen LogP contribution in [0.1, 0.15) is 31.7 Å². The Morgan fingerprint density at radius 1 is 1.46 bits per heavy atom. The smallest absolute Gasteiger partial charge is 0.240 e. The summed E-state index contributed by atoms with van der Waals surface area (Å²) in [4.78, 5) is 26.3. The first kappa shape index (κ1) is 20.9. The standard InChI is InChI=1S/C17H24BrN3O2.ClH/c1-2-3-7-20-16(22)11-15-17(23)21(9-8-19-15)12-13-5-4-6-14(18)10-13;/h4-6,10,15,19H,2-3,7-9,11-12H2,1H3,(H,20,22);1H. The van der Waals surface area contributed by atoms with Gasteiger partial charge in [-0.1, -0.05) is 41.4 Å². The largest absolute Gasteiger partial charge is 0.356 e. The Hall–Kier alpha value is -1.11. The van der Waals surface area contributed by atoms with Crippen molar-refractivity contribution in [2.24, 2.45) is 0 Å². The van der Waals surface area contributed by atoms with Crippen molar-refractivity contribution in [3.05, 3.63) is 34.3 Å². The third-order valence-electron chi connectivity index (χ3n) is 3.89. The monoisotopic (exact) mass is 417 g/mol. The lowest BCUT2D eigenvalue weighted by Crippen LogP contribution is -2.55. The average molecular weight is 419 g/mol. The molecule has 0 aliphatic carbocycles. The average Bonchev–Trinajstić information content (AvgIpc) is 2.52. The highest BCUT2D eigenvalue weighted by molar-refractivity contribution is 9.10. The predicted octanol–water partition coefficient (Wildman–Crippen LogP) is 2.48. The lowest BCUT2D eigenvalue weighted by atomic mass is 10.1. The molecule has 1 atom stereocenters. The van der Waals surface area contributed by atoms with Gasteiger partial charge in [0, 0.05) is 30.7 Å². The van der Waals surface area contributed by atoms with E-state index in [-0.39, 0.29) is 30.6 Å². The molecule has 1 heterocycles. The number of nitrogens with zero attached hydrogens (tertiary/aromatic N) is 1. The molecule has 1 aromatic rings. The van der Waals surface area contributed by atoms with Gasteiger partial charge in [0.05, 0.1) is 12.5 Å². The van der Waals surface area contributed by atoms with Crippen LogP contribution in [-0.2, 0) is 16.1 Å². The third-order valence-corrected chi connectivity index (χ3v) is 4.38. The normalized spacial score (nSPS) is 17.3. The van der Waals surface area contributed by atoms with Crippen molar-refractivity contribution in [1.82, 2.24) is 15.5 Å². The van der Waals surface area contributed by atoms with Gasteiger partial charge in [-0.15, -0.1) is 12.4 Å². The van der Waals surface area contributed by atoms with Crippen LogP contribution in [0.3, 0.4) is 0 Å². The number of hydrogen-bond acceptors (Lipinski definition) is 3. The molecule has 1 fully saturated rings. The fourth-order valence-electron chi connectivity index (χ4n) is 2.63. The van der Waals surface area contributed by atoms with Crippen LogP contribution in [0.15, 0.2) is 28.7 Å². The fourth-order valence-corrected chi connectivity index (χ4v) is 3.07. The van der Waals surface area contributed by atoms with Crippen LogP contribution < -0.4 is 10.6 Å². The van der Waals surface area contributed by atoms with Crippen LogP contribution in [0, 0.1) is 0 Å². The maximum Gasteiger partial charge on any atom is 0.240 e. The Bertz CT molecular complexity index is 556. The van der Waals surface area contributed by atoms with E-state index in [0.717, 1.165) is 22.9 Å². The number of nitrogens with one attached hydrogen (secondary N) is 2. The van der Waals surface area contributed by atoms with Crippen LogP contribution in [0.25, 0.3) is 0 Å². The van der Waals surface area contributed by atoms with E-state index in [4.69, 9.17) is 0 Å². The summed E-state index contributed by atoms with van der Waals surface area (Å²) in [5.41, 5.74) is 1.08. The second-order valence-electron chi connectivity index (χ2n) is 5.80. The van der Waals surface area contributed by atoms with Crippen LogP contribution in [-0.4, -0.2) is 42.4 Å². The SMILES string of the molecule is CCCCNC(=O)CC1NCCN(Cc2cccc(Br)c2)C1=O.Cl. The van der Waals surface area contributed by atoms with E-state index in [9.17, 15) is 9.59 Å². The number of unbranched alkanes of at least 4 members (excludes halogenated alkanes) is 1. The van der Waals surface area contributed by atoms with Crippen molar-refractivity contribution in [3.63, 3.8) is 0 Å². The van der Waals surface area contributed by atoms with E-state index in [1.165, 1.54) is 0 Å². The molecule has 7 heteroatoms. The zero-order valence-electron chi connectivity index (χ0n) is 13.9. The Balaban J connectivity index is 0.00000288. The zero-order chi connectivity index (χ0) is 16.7. The lowest BCUT2D eigenvalue weighted by Gasteiger charge is -2.33. The molecule has 2 N–H and O–H groups in total. The molecule has 5 nitrogen and oxygen atoms in total. The van der Waals surface area contributed by atoms with E-state index in [1.54, 1.807) is 0 Å². The number of carbonyl (C=O) groups excluding carboxylic acids is 2. The van der Waals surface area contributed by atoms with Crippen molar-refractivity contribution in [2.75, 3.05) is 19.6 Å². The molecule has 2 rings (SSSR count). The summed E-state index contributed by atoms with van der Waals surface area (Å²) >= 11 is 3.45. The highest BCUT2D eigenvalue weighted by Crippen LogP contribution is 2.15. The topological polar surface area (TPSA) is 61.4 Å². The maximum atomic E-state index is 12.6. The van der Waals surface area contributed by atoms with Crippen LogP contribution in [0.4, 0.5) is 0 Å². The van der Waals surface area contributed by atoms with Crippen molar-refractivity contribution in [2.45, 2.75) is 38.8 Å². The van der Waals surface area contributed by atoms with Gasteiger partial charge in [-0.2, -0.15) is 0 Å². The fraction of sp³-hybridized carbons (Fsp3) is 0.529. The summed E-state index contributed by atoms with van der Waals surface area (Å²) in [6.07, 6.45) is 2.21. The van der Waals surface area contributed by atoms with Gasteiger partial charge in [0.15, 0.2) is 0 Å². The van der Waals surface area contributed by atoms with E-state index in [2.05, 4.69) is 33.5 Å². The van der Waals surface area contributed by atoms with Gasteiger partial charge in [0.25, 0.3) is 0 Å². The number of piperazine rings is 1. The van der Waals surface area contributed by atoms with Gasteiger partial charge >= 0.3 is 0 Å². The summed E-state index contributed by atoms with van der Waals surface area (Å²) in [5, 5.41) is 6.02. The lowest BCUT2D eigenvalue weighted by molar-refractivity contribution is -0.138. The molecule has 1 aliphatic heterocycles. The molecule has 1 aliphatic rings. The highest BCUT2D eigenvalue weighted by Gasteiger charge is 2.29. The number of amides is 2. The molecular weight excluding hydrogens is 394 g/mol. The number of hydrogen-bond donors (Lipinski definition) is 2. The molecule has 0 radical (unpaired) electrons. The molecular formula is C17H25BrClN3O2. The predicted molar refractivity (Wildman–Crippen MR) is 101 cm³/mol. The third kappa shape index (κ3) is 6.42. The van der Waals surface area contributed by atoms with Crippen LogP contribution in [0.2, 0.25) is 0 Å². The first-order valence-electron chi connectivity index (χ1n) is 8.13. The maximum absolute atomic E-state index is 12.6. The minimum atomic E-state index is -0.419. The Morgan fingerprint density at radius 2 is 2.25 bits per heavy atom. The molecule has 0 bridgehead atoms. The quantitative estimate of drug-likeness (QED) is 0.669. The molecule has 0 saturated carbocycles. The van der Waals surface area contributed by atoms with Gasteiger partial charge in [0.1, 0.15) is 0 Å². The van der Waals surface area contributed by atoms with Crippen molar-refractivity contribution in [1.29, 1.82) is 0 Å². The van der Waals surface area contributed by atoms with Crippen molar-refractivity contribution < 1.29 is 9.59 Å². The summed E-state index contributed by atoms with van der Waals surface area (Å²) in [5.74, 6) is -0.0597. The summed E-state index contributed by atoms with van der Waals surface area (Å²) in [6.45, 7) is 4.72. The molecule has 1 saturated heterocycles. The number of benzene rings is 1. The summed E-state index contributed by atoms with van der Waals surface area (Å²) in [7, 11) is 0. The molecule has 0 spiro atoms. The molecule has 134 valence electrons. The molecule has 1 unspecified atom stereocenters. The van der Waals surface area contributed by atoms with Crippen molar-refractivity contribution in [3.8, 4) is 0 Å². The summed E-state index contributed by atoms with van der Waals surface area (Å²) < 4.78 is 1.00. The minimum Gasteiger partial charge on any atom is -0.356 e. The van der Waals surface area contributed by atoms with E-state index < -0.39 is 6.04 Å². The molecule has 24 heavy (non-hydrogen) atoms. The van der Waals surface area contributed by atoms with Gasteiger partial charge in [-0.05, 0) is 24.1 Å². The second-order valence-corrected chi connectivity index (χ2v) is 6.72. The van der Waals surface area contributed by atoms with E-state index >= 15 is 0 Å². The van der Waals surface area contributed by atoms with Gasteiger partial charge in [-0.3, -0.25) is 9.59 Å².